The van der Waals surface area contributed by atoms with Gasteiger partial charge in [-0.25, -0.2) is 0 Å². The SMILES string of the molecule is CC1=CC(=O)C=C2CC[C@@H]3[C@H](CC[C@@]4(C)[C@H]3CC[C@]4(O)C(=O)CO)[C@@]12C. The van der Waals surface area contributed by atoms with E-state index in [0.29, 0.717) is 24.2 Å². The fourth-order valence-corrected chi connectivity index (χ4v) is 7.18. The minimum absolute atomic E-state index is 0.0696. The van der Waals surface area contributed by atoms with E-state index < -0.39 is 23.4 Å². The summed E-state index contributed by atoms with van der Waals surface area (Å²) < 4.78 is 0. The van der Waals surface area contributed by atoms with Gasteiger partial charge in [-0.3, -0.25) is 9.59 Å². The number of aliphatic hydroxyl groups is 2. The van der Waals surface area contributed by atoms with Crippen LogP contribution < -0.4 is 0 Å². The Bertz CT molecular complexity index is 734. The van der Waals surface area contributed by atoms with Crippen LogP contribution in [0.5, 0.6) is 0 Å². The van der Waals surface area contributed by atoms with Gasteiger partial charge in [0.15, 0.2) is 11.6 Å². The number of Topliss-reactive ketones (excluding diaryl/α,β-unsaturated/α-hetero) is 1. The molecule has 4 heteroatoms. The molecule has 4 rings (SSSR count). The van der Waals surface area contributed by atoms with E-state index in [9.17, 15) is 19.8 Å². The van der Waals surface area contributed by atoms with E-state index >= 15 is 0 Å². The maximum atomic E-state index is 12.4. The minimum Gasteiger partial charge on any atom is -0.388 e. The summed E-state index contributed by atoms with van der Waals surface area (Å²) in [6, 6.07) is 0. The highest BCUT2D eigenvalue weighted by atomic mass is 16.3. The highest BCUT2D eigenvalue weighted by molar-refractivity contribution is 6.02. The molecule has 0 heterocycles. The number of ketones is 2. The van der Waals surface area contributed by atoms with Gasteiger partial charge in [0, 0.05) is 10.8 Å². The number of carbonyl (C=O) groups is 2. The zero-order valence-corrected chi connectivity index (χ0v) is 16.0. The van der Waals surface area contributed by atoms with Crippen molar-refractivity contribution in [2.75, 3.05) is 6.61 Å². The van der Waals surface area contributed by atoms with Gasteiger partial charge in [-0.05, 0) is 75.4 Å². The van der Waals surface area contributed by atoms with Crippen LogP contribution in [0.1, 0.15) is 59.3 Å². The first-order chi connectivity index (χ1) is 12.2. The van der Waals surface area contributed by atoms with Crippen molar-refractivity contribution < 1.29 is 19.8 Å². The molecule has 0 unspecified atom stereocenters. The third-order valence-corrected chi connectivity index (χ3v) is 8.84. The fourth-order valence-electron chi connectivity index (χ4n) is 7.18. The maximum absolute atomic E-state index is 12.4. The first-order valence-electron chi connectivity index (χ1n) is 9.99. The summed E-state index contributed by atoms with van der Waals surface area (Å²) in [7, 11) is 0. The number of aliphatic hydroxyl groups excluding tert-OH is 1. The average molecular weight is 358 g/mol. The third-order valence-electron chi connectivity index (χ3n) is 8.84. The molecule has 4 aliphatic rings. The molecule has 0 aromatic rings. The summed E-state index contributed by atoms with van der Waals surface area (Å²) in [4.78, 5) is 24.4. The summed E-state index contributed by atoms with van der Waals surface area (Å²) in [5, 5.41) is 20.6. The zero-order chi connectivity index (χ0) is 18.9. The molecule has 0 radical (unpaired) electrons. The average Bonchev–Trinajstić information content (AvgIpc) is 2.88. The second kappa shape index (κ2) is 5.62. The highest BCUT2D eigenvalue weighted by Crippen LogP contribution is 2.67. The Morgan fingerprint density at radius 1 is 1.15 bits per heavy atom. The van der Waals surface area contributed by atoms with Gasteiger partial charge in [0.05, 0.1) is 0 Å². The van der Waals surface area contributed by atoms with Crippen molar-refractivity contribution in [3.8, 4) is 0 Å². The number of rotatable bonds is 2. The van der Waals surface area contributed by atoms with Crippen molar-refractivity contribution in [2.45, 2.75) is 64.9 Å². The molecule has 26 heavy (non-hydrogen) atoms. The molecule has 142 valence electrons. The smallest absolute Gasteiger partial charge is 0.190 e. The number of hydrogen-bond donors (Lipinski definition) is 2. The lowest BCUT2D eigenvalue weighted by Crippen LogP contribution is -2.58. The van der Waals surface area contributed by atoms with E-state index in [1.165, 1.54) is 5.57 Å². The van der Waals surface area contributed by atoms with Crippen LogP contribution >= 0.6 is 0 Å². The molecule has 3 saturated carbocycles. The molecule has 0 spiro atoms. The van der Waals surface area contributed by atoms with Gasteiger partial charge in [-0.15, -0.1) is 0 Å². The molecule has 3 fully saturated rings. The van der Waals surface area contributed by atoms with Gasteiger partial charge in [-0.1, -0.05) is 25.0 Å². The summed E-state index contributed by atoms with van der Waals surface area (Å²) in [6.07, 6.45) is 8.64. The van der Waals surface area contributed by atoms with Gasteiger partial charge < -0.3 is 10.2 Å². The van der Waals surface area contributed by atoms with E-state index in [4.69, 9.17) is 0 Å². The summed E-state index contributed by atoms with van der Waals surface area (Å²) in [6.45, 7) is 5.86. The van der Waals surface area contributed by atoms with Crippen LogP contribution in [0.15, 0.2) is 23.3 Å². The predicted molar refractivity (Wildman–Crippen MR) is 98.3 cm³/mol. The van der Waals surface area contributed by atoms with Crippen LogP contribution in [-0.4, -0.2) is 34.0 Å². The van der Waals surface area contributed by atoms with Crippen LogP contribution in [0, 0.1) is 28.6 Å². The Labute approximate surface area is 155 Å². The van der Waals surface area contributed by atoms with E-state index in [-0.39, 0.29) is 11.2 Å². The molecule has 2 N–H and O–H groups in total. The van der Waals surface area contributed by atoms with Gasteiger partial charge in [0.1, 0.15) is 12.2 Å². The van der Waals surface area contributed by atoms with Gasteiger partial charge >= 0.3 is 0 Å². The second-order valence-corrected chi connectivity index (χ2v) is 9.45. The third kappa shape index (κ3) is 2.03. The Kier molecular flexibility index (Phi) is 3.92. The topological polar surface area (TPSA) is 74.6 Å². The lowest BCUT2D eigenvalue weighted by atomic mass is 9.46. The quantitative estimate of drug-likeness (QED) is 0.796. The highest BCUT2D eigenvalue weighted by Gasteiger charge is 2.66. The van der Waals surface area contributed by atoms with Crippen molar-refractivity contribution >= 4 is 11.6 Å². The molecule has 0 bridgehead atoms. The Morgan fingerprint density at radius 3 is 2.54 bits per heavy atom. The van der Waals surface area contributed by atoms with Crippen LogP contribution in [0.3, 0.4) is 0 Å². The van der Waals surface area contributed by atoms with E-state index in [1.54, 1.807) is 6.08 Å². The molecular weight excluding hydrogens is 328 g/mol. The maximum Gasteiger partial charge on any atom is 0.190 e. The fraction of sp³-hybridized carbons (Fsp3) is 0.727. The molecule has 0 aromatic carbocycles. The summed E-state index contributed by atoms with van der Waals surface area (Å²) in [5.41, 5.74) is 0.528. The van der Waals surface area contributed by atoms with E-state index in [1.807, 2.05) is 6.08 Å². The Balaban J connectivity index is 1.72. The molecule has 4 nitrogen and oxygen atoms in total. The normalized spacial score (nSPS) is 47.4. The summed E-state index contributed by atoms with van der Waals surface area (Å²) in [5.74, 6) is 0.899. The number of carbonyl (C=O) groups excluding carboxylic acids is 2. The predicted octanol–water partition coefficient (Wildman–Crippen LogP) is 2.98. The first kappa shape index (κ1) is 18.1. The number of allylic oxidation sites excluding steroid dienone is 4. The summed E-state index contributed by atoms with van der Waals surface area (Å²) >= 11 is 0. The van der Waals surface area contributed by atoms with Gasteiger partial charge in [0.2, 0.25) is 0 Å². The number of hydrogen-bond acceptors (Lipinski definition) is 4. The van der Waals surface area contributed by atoms with Gasteiger partial charge in [-0.2, -0.15) is 0 Å². The molecule has 0 aliphatic heterocycles. The molecule has 0 aromatic heterocycles. The zero-order valence-electron chi connectivity index (χ0n) is 16.0. The molecule has 6 atom stereocenters. The van der Waals surface area contributed by atoms with Crippen LogP contribution in [-0.2, 0) is 9.59 Å². The molecule has 0 saturated heterocycles. The monoisotopic (exact) mass is 358 g/mol. The molecule has 4 aliphatic carbocycles. The molecular formula is C22H30O4. The van der Waals surface area contributed by atoms with Crippen molar-refractivity contribution in [1.82, 2.24) is 0 Å². The standard InChI is InChI=1S/C22H30O4/c1-13-10-15(24)11-14-4-5-16-17-7-9-22(26,19(25)12-23)20(17,2)8-6-18(16)21(13,14)3/h10-11,16-18,23,26H,4-9,12H2,1-3H3/t16-,17-,18-,20-,21-,22-/m0/s1. The Morgan fingerprint density at radius 2 is 1.85 bits per heavy atom. The van der Waals surface area contributed by atoms with Crippen LogP contribution in [0.4, 0.5) is 0 Å². The molecule has 0 amide bonds. The lowest BCUT2D eigenvalue weighted by molar-refractivity contribution is -0.163. The second-order valence-electron chi connectivity index (χ2n) is 9.45. The van der Waals surface area contributed by atoms with E-state index in [2.05, 4.69) is 20.8 Å². The van der Waals surface area contributed by atoms with Crippen molar-refractivity contribution in [3.63, 3.8) is 0 Å². The van der Waals surface area contributed by atoms with Crippen molar-refractivity contribution in [2.24, 2.45) is 28.6 Å². The Hall–Kier alpha value is -1.26. The van der Waals surface area contributed by atoms with Crippen molar-refractivity contribution in [3.05, 3.63) is 23.3 Å². The first-order valence-corrected chi connectivity index (χ1v) is 9.99. The van der Waals surface area contributed by atoms with E-state index in [0.717, 1.165) is 37.7 Å². The van der Waals surface area contributed by atoms with Crippen molar-refractivity contribution in [1.29, 1.82) is 0 Å². The van der Waals surface area contributed by atoms with Gasteiger partial charge in [0.25, 0.3) is 0 Å². The van der Waals surface area contributed by atoms with Crippen LogP contribution in [0.25, 0.3) is 0 Å². The minimum atomic E-state index is -1.39. The largest absolute Gasteiger partial charge is 0.388 e. The number of fused-ring (bicyclic) bond motifs is 5. The van der Waals surface area contributed by atoms with Crippen LogP contribution in [0.2, 0.25) is 0 Å². The lowest BCUT2D eigenvalue weighted by Gasteiger charge is -2.59.